The Morgan fingerprint density at radius 2 is 2.04 bits per heavy atom. The molecule has 1 fully saturated rings. The molecule has 0 saturated carbocycles. The van der Waals surface area contributed by atoms with Crippen LogP contribution in [0.3, 0.4) is 0 Å². The number of hydrogen-bond acceptors (Lipinski definition) is 5. The van der Waals surface area contributed by atoms with E-state index in [9.17, 15) is 9.59 Å². The van der Waals surface area contributed by atoms with E-state index in [0.717, 1.165) is 43.4 Å². The Morgan fingerprint density at radius 1 is 1.28 bits per heavy atom. The summed E-state index contributed by atoms with van der Waals surface area (Å²) in [4.78, 5) is 25.1. The molecule has 1 aliphatic rings. The molecule has 0 amide bonds. The molecule has 2 heterocycles. The van der Waals surface area contributed by atoms with Gasteiger partial charge >= 0.3 is 11.6 Å². The third kappa shape index (κ3) is 4.02. The van der Waals surface area contributed by atoms with Gasteiger partial charge in [-0.3, -0.25) is 4.79 Å². The second-order valence-electron chi connectivity index (χ2n) is 6.41. The Balaban J connectivity index is 1.73. The van der Waals surface area contributed by atoms with Crippen molar-refractivity contribution in [3.8, 4) is 5.75 Å². The van der Waals surface area contributed by atoms with Crippen LogP contribution in [0.1, 0.15) is 25.3 Å². The Labute approximate surface area is 146 Å². The van der Waals surface area contributed by atoms with E-state index in [4.69, 9.17) is 13.9 Å². The Morgan fingerprint density at radius 3 is 2.72 bits per heavy atom. The summed E-state index contributed by atoms with van der Waals surface area (Å²) in [5.41, 5.74) is 1.16. The number of methoxy groups -OCH3 is 1. The molecule has 0 radical (unpaired) electrons. The summed E-state index contributed by atoms with van der Waals surface area (Å²) < 4.78 is 15.6. The lowest BCUT2D eigenvalue weighted by molar-refractivity contribution is -0.919. The summed E-state index contributed by atoms with van der Waals surface area (Å²) in [6.07, 6.45) is 1.64. The molecule has 0 aliphatic carbocycles. The maximum Gasteiger partial charge on any atom is 0.336 e. The first-order valence-corrected chi connectivity index (χ1v) is 8.71. The first kappa shape index (κ1) is 17.5. The number of benzene rings is 1. The Hall–Kier alpha value is -2.34. The maximum absolute atomic E-state index is 11.9. The van der Waals surface area contributed by atoms with Gasteiger partial charge in [0.25, 0.3) is 0 Å². The molecule has 1 saturated heterocycles. The van der Waals surface area contributed by atoms with Crippen molar-refractivity contribution in [2.45, 2.75) is 26.3 Å². The van der Waals surface area contributed by atoms with E-state index in [0.29, 0.717) is 17.9 Å². The standard InChI is InChI=1S/C19H23NO5/c1-3-24-19(22)13-6-8-20(9-7-13)12-14-10-18(21)25-17-11-15(23-2)4-5-16(14)17/h4-5,10-11,13H,3,6-9,12H2,1-2H3/p+1. The lowest BCUT2D eigenvalue weighted by Crippen LogP contribution is -3.11. The van der Waals surface area contributed by atoms with Gasteiger partial charge in [0.05, 0.1) is 32.7 Å². The van der Waals surface area contributed by atoms with Crippen LogP contribution < -0.4 is 15.3 Å². The molecule has 0 atom stereocenters. The van der Waals surface area contributed by atoms with Gasteiger partial charge < -0.3 is 18.8 Å². The summed E-state index contributed by atoms with van der Waals surface area (Å²) >= 11 is 0. The highest BCUT2D eigenvalue weighted by Gasteiger charge is 2.28. The van der Waals surface area contributed by atoms with Gasteiger partial charge in [-0.05, 0) is 19.1 Å². The lowest BCUT2D eigenvalue weighted by atomic mass is 9.96. The van der Waals surface area contributed by atoms with Crippen molar-refractivity contribution in [3.63, 3.8) is 0 Å². The zero-order chi connectivity index (χ0) is 17.8. The quantitative estimate of drug-likeness (QED) is 0.650. The number of nitrogens with one attached hydrogen (secondary N) is 1. The van der Waals surface area contributed by atoms with Crippen molar-refractivity contribution >= 4 is 16.9 Å². The zero-order valence-corrected chi connectivity index (χ0v) is 14.7. The van der Waals surface area contributed by atoms with Gasteiger partial charge in [0, 0.05) is 35.9 Å². The number of carbonyl (C=O) groups excluding carboxylic acids is 1. The fourth-order valence-corrected chi connectivity index (χ4v) is 3.45. The molecule has 1 aliphatic heterocycles. The van der Waals surface area contributed by atoms with Gasteiger partial charge in [-0.15, -0.1) is 0 Å². The number of likely N-dealkylation sites (tertiary alicyclic amines) is 1. The number of ether oxygens (including phenoxy) is 2. The molecule has 1 N–H and O–H groups in total. The number of piperidine rings is 1. The number of fused-ring (bicyclic) bond motifs is 1. The van der Waals surface area contributed by atoms with Crippen LogP contribution in [0.5, 0.6) is 5.75 Å². The number of carbonyl (C=O) groups is 1. The number of quaternary nitrogens is 1. The molecule has 2 aromatic rings. The van der Waals surface area contributed by atoms with E-state index in [1.54, 1.807) is 19.2 Å². The fourth-order valence-electron chi connectivity index (χ4n) is 3.45. The van der Waals surface area contributed by atoms with E-state index < -0.39 is 0 Å². The predicted molar refractivity (Wildman–Crippen MR) is 92.8 cm³/mol. The minimum Gasteiger partial charge on any atom is -0.497 e. The molecule has 0 spiro atoms. The maximum atomic E-state index is 11.9. The smallest absolute Gasteiger partial charge is 0.336 e. The van der Waals surface area contributed by atoms with Crippen LogP contribution in [0.25, 0.3) is 11.0 Å². The van der Waals surface area contributed by atoms with Gasteiger partial charge in [0.15, 0.2) is 0 Å². The van der Waals surface area contributed by atoms with Gasteiger partial charge in [0.1, 0.15) is 17.9 Å². The van der Waals surface area contributed by atoms with E-state index in [-0.39, 0.29) is 17.5 Å². The lowest BCUT2D eigenvalue weighted by Gasteiger charge is -2.28. The third-order valence-corrected chi connectivity index (χ3v) is 4.79. The second kappa shape index (κ2) is 7.70. The van der Waals surface area contributed by atoms with Crippen LogP contribution in [0.4, 0.5) is 0 Å². The molecule has 0 bridgehead atoms. The summed E-state index contributed by atoms with van der Waals surface area (Å²) in [7, 11) is 1.58. The first-order valence-electron chi connectivity index (χ1n) is 8.71. The molecule has 3 rings (SSSR count). The zero-order valence-electron chi connectivity index (χ0n) is 14.7. The summed E-state index contributed by atoms with van der Waals surface area (Å²) in [5.74, 6) is 0.584. The topological polar surface area (TPSA) is 70.2 Å². The normalized spacial score (nSPS) is 20.4. The van der Waals surface area contributed by atoms with Crippen molar-refractivity contribution in [1.29, 1.82) is 0 Å². The molecular formula is C19H24NO5+. The van der Waals surface area contributed by atoms with E-state index >= 15 is 0 Å². The molecule has 1 aromatic carbocycles. The summed E-state index contributed by atoms with van der Waals surface area (Å²) in [5, 5.41) is 0.931. The van der Waals surface area contributed by atoms with Crippen molar-refractivity contribution in [2.24, 2.45) is 5.92 Å². The molecule has 0 unspecified atom stereocenters. The Kier molecular flexibility index (Phi) is 5.38. The summed E-state index contributed by atoms with van der Waals surface area (Å²) in [6, 6.07) is 7.10. The fraction of sp³-hybridized carbons (Fsp3) is 0.474. The molecule has 1 aromatic heterocycles. The average molecular weight is 346 g/mol. The first-order chi connectivity index (χ1) is 12.1. The van der Waals surface area contributed by atoms with Gasteiger partial charge in [0.2, 0.25) is 0 Å². The number of esters is 1. The predicted octanol–water partition coefficient (Wildman–Crippen LogP) is 1.16. The third-order valence-electron chi connectivity index (χ3n) is 4.79. The molecular weight excluding hydrogens is 322 g/mol. The minimum atomic E-state index is -0.350. The van der Waals surface area contributed by atoms with Crippen LogP contribution in [-0.2, 0) is 16.1 Å². The highest BCUT2D eigenvalue weighted by molar-refractivity contribution is 5.81. The number of hydrogen-bond donors (Lipinski definition) is 1. The molecule has 6 nitrogen and oxygen atoms in total. The van der Waals surface area contributed by atoms with Gasteiger partial charge in [-0.25, -0.2) is 4.79 Å². The number of rotatable bonds is 5. The van der Waals surface area contributed by atoms with E-state index in [1.807, 2.05) is 19.1 Å². The molecule has 6 heteroatoms. The largest absolute Gasteiger partial charge is 0.497 e. The highest BCUT2D eigenvalue weighted by Crippen LogP contribution is 2.22. The van der Waals surface area contributed by atoms with Gasteiger partial charge in [-0.1, -0.05) is 0 Å². The monoisotopic (exact) mass is 346 g/mol. The average Bonchev–Trinajstić information content (AvgIpc) is 2.61. The van der Waals surface area contributed by atoms with Crippen molar-refractivity contribution in [2.75, 3.05) is 26.8 Å². The van der Waals surface area contributed by atoms with Crippen LogP contribution in [0, 0.1) is 5.92 Å². The van der Waals surface area contributed by atoms with Crippen molar-refractivity contribution < 1.29 is 23.6 Å². The second-order valence-corrected chi connectivity index (χ2v) is 6.41. The highest BCUT2D eigenvalue weighted by atomic mass is 16.5. The van der Waals surface area contributed by atoms with E-state index in [2.05, 4.69) is 0 Å². The minimum absolute atomic E-state index is 0.00514. The van der Waals surface area contributed by atoms with Gasteiger partial charge in [-0.2, -0.15) is 0 Å². The van der Waals surface area contributed by atoms with E-state index in [1.165, 1.54) is 4.90 Å². The summed E-state index contributed by atoms with van der Waals surface area (Å²) in [6.45, 7) is 4.78. The van der Waals surface area contributed by atoms with Crippen LogP contribution in [0.2, 0.25) is 0 Å². The molecule has 25 heavy (non-hydrogen) atoms. The SMILES string of the molecule is CCOC(=O)C1CC[NH+](Cc2cc(=O)oc3cc(OC)ccc23)CC1. The van der Waals surface area contributed by atoms with Crippen molar-refractivity contribution in [3.05, 3.63) is 40.2 Å². The Bertz CT molecular complexity index is 805. The van der Waals surface area contributed by atoms with Crippen LogP contribution >= 0.6 is 0 Å². The van der Waals surface area contributed by atoms with Crippen LogP contribution in [0.15, 0.2) is 33.5 Å². The van der Waals surface area contributed by atoms with Crippen molar-refractivity contribution in [1.82, 2.24) is 0 Å². The molecule has 134 valence electrons. The van der Waals surface area contributed by atoms with Crippen LogP contribution in [-0.4, -0.2) is 32.8 Å².